The summed E-state index contributed by atoms with van der Waals surface area (Å²) in [5.74, 6) is 0.622. The molecule has 23 heavy (non-hydrogen) atoms. The highest BCUT2D eigenvalue weighted by atomic mass is 16.2. The van der Waals surface area contributed by atoms with Gasteiger partial charge in [0.2, 0.25) is 5.91 Å². The van der Waals surface area contributed by atoms with Gasteiger partial charge in [0.15, 0.2) is 0 Å². The van der Waals surface area contributed by atoms with Gasteiger partial charge in [0.25, 0.3) is 0 Å². The molecule has 122 valence electrons. The van der Waals surface area contributed by atoms with Crippen LogP contribution in [0.1, 0.15) is 25.3 Å². The summed E-state index contributed by atoms with van der Waals surface area (Å²) < 4.78 is 1.81. The molecule has 1 saturated heterocycles. The van der Waals surface area contributed by atoms with Crippen molar-refractivity contribution < 1.29 is 4.79 Å². The third kappa shape index (κ3) is 3.79. The Labute approximate surface area is 137 Å². The summed E-state index contributed by atoms with van der Waals surface area (Å²) in [6, 6.07) is 10.0. The van der Waals surface area contributed by atoms with Gasteiger partial charge in [-0.1, -0.05) is 12.1 Å². The van der Waals surface area contributed by atoms with Gasteiger partial charge < -0.3 is 10.6 Å². The minimum atomic E-state index is 0.152. The Bertz CT molecular complexity index is 634. The number of carbonyl (C=O) groups is 1. The number of likely N-dealkylation sites (tertiary alicyclic amines) is 1. The Morgan fingerprint density at radius 1 is 1.39 bits per heavy atom. The maximum absolute atomic E-state index is 12.5. The molecule has 0 unspecified atom stereocenters. The third-order valence-electron chi connectivity index (χ3n) is 4.61. The fourth-order valence-electron chi connectivity index (χ4n) is 3.14. The predicted molar refractivity (Wildman–Crippen MR) is 90.2 cm³/mol. The lowest BCUT2D eigenvalue weighted by Crippen LogP contribution is -2.45. The van der Waals surface area contributed by atoms with Crippen molar-refractivity contribution in [3.8, 4) is 5.69 Å². The first-order valence-corrected chi connectivity index (χ1v) is 8.26. The van der Waals surface area contributed by atoms with E-state index in [4.69, 9.17) is 5.73 Å². The minimum absolute atomic E-state index is 0.152. The summed E-state index contributed by atoms with van der Waals surface area (Å²) >= 11 is 0. The minimum Gasteiger partial charge on any atom is -0.342 e. The van der Waals surface area contributed by atoms with Crippen LogP contribution in [0.2, 0.25) is 0 Å². The zero-order chi connectivity index (χ0) is 16.2. The molecule has 1 aromatic carbocycles. The van der Waals surface area contributed by atoms with Gasteiger partial charge in [0.05, 0.1) is 12.1 Å². The van der Waals surface area contributed by atoms with Crippen LogP contribution in [-0.2, 0) is 11.2 Å². The largest absolute Gasteiger partial charge is 0.342 e. The summed E-state index contributed by atoms with van der Waals surface area (Å²) in [5, 5.41) is 4.20. The van der Waals surface area contributed by atoms with Gasteiger partial charge in [-0.15, -0.1) is 0 Å². The topological polar surface area (TPSA) is 64.2 Å². The van der Waals surface area contributed by atoms with Crippen LogP contribution in [0.15, 0.2) is 42.7 Å². The molecule has 5 heteroatoms. The highest BCUT2D eigenvalue weighted by Gasteiger charge is 2.25. The van der Waals surface area contributed by atoms with Crippen molar-refractivity contribution >= 4 is 5.91 Å². The Hall–Kier alpha value is -2.14. The molecule has 0 bridgehead atoms. The second kappa shape index (κ2) is 6.96. The summed E-state index contributed by atoms with van der Waals surface area (Å²) in [7, 11) is 0. The molecule has 1 aromatic heterocycles. The number of hydrogen-bond donors (Lipinski definition) is 1. The molecule has 1 aliphatic rings. The lowest BCUT2D eigenvalue weighted by Gasteiger charge is -2.34. The van der Waals surface area contributed by atoms with E-state index < -0.39 is 0 Å². The van der Waals surface area contributed by atoms with Gasteiger partial charge in [0, 0.05) is 31.5 Å². The average Bonchev–Trinajstić information content (AvgIpc) is 3.10. The number of carbonyl (C=O) groups excluding carboxylic acids is 1. The average molecular weight is 312 g/mol. The van der Waals surface area contributed by atoms with Crippen molar-refractivity contribution in [2.75, 3.05) is 13.1 Å². The van der Waals surface area contributed by atoms with Crippen molar-refractivity contribution in [2.24, 2.45) is 11.7 Å². The first-order chi connectivity index (χ1) is 11.1. The molecule has 2 heterocycles. The molecule has 5 nitrogen and oxygen atoms in total. The van der Waals surface area contributed by atoms with Gasteiger partial charge in [-0.05, 0) is 49.4 Å². The maximum atomic E-state index is 12.5. The molecule has 0 aliphatic carbocycles. The van der Waals surface area contributed by atoms with E-state index in [2.05, 4.69) is 5.10 Å². The fourth-order valence-corrected chi connectivity index (χ4v) is 3.14. The van der Waals surface area contributed by atoms with Crippen LogP contribution in [0, 0.1) is 5.92 Å². The van der Waals surface area contributed by atoms with Crippen LogP contribution in [0.25, 0.3) is 5.69 Å². The van der Waals surface area contributed by atoms with E-state index in [1.54, 1.807) is 6.20 Å². The van der Waals surface area contributed by atoms with Gasteiger partial charge in [0.1, 0.15) is 0 Å². The molecule has 1 amide bonds. The van der Waals surface area contributed by atoms with Gasteiger partial charge in [-0.25, -0.2) is 4.68 Å². The second-order valence-corrected chi connectivity index (χ2v) is 6.40. The normalized spacial score (nSPS) is 19.6. The number of hydrogen-bond acceptors (Lipinski definition) is 3. The molecule has 3 rings (SSSR count). The van der Waals surface area contributed by atoms with Crippen molar-refractivity contribution in [1.29, 1.82) is 0 Å². The smallest absolute Gasteiger partial charge is 0.226 e. The van der Waals surface area contributed by atoms with Crippen molar-refractivity contribution in [2.45, 2.75) is 32.2 Å². The molecule has 1 fully saturated rings. The highest BCUT2D eigenvalue weighted by molar-refractivity contribution is 5.79. The summed E-state index contributed by atoms with van der Waals surface area (Å²) in [6.45, 7) is 3.68. The summed E-state index contributed by atoms with van der Waals surface area (Å²) in [5.41, 5.74) is 8.04. The van der Waals surface area contributed by atoms with Crippen LogP contribution in [0.4, 0.5) is 0 Å². The molecular weight excluding hydrogens is 288 g/mol. The number of nitrogens with zero attached hydrogens (tertiary/aromatic N) is 3. The van der Waals surface area contributed by atoms with E-state index in [-0.39, 0.29) is 11.9 Å². The lowest BCUT2D eigenvalue weighted by atomic mass is 9.92. The Morgan fingerprint density at radius 3 is 2.83 bits per heavy atom. The Balaban J connectivity index is 1.61. The molecule has 0 radical (unpaired) electrons. The molecule has 0 spiro atoms. The Morgan fingerprint density at radius 2 is 2.17 bits per heavy atom. The maximum Gasteiger partial charge on any atom is 0.226 e. The van der Waals surface area contributed by atoms with Crippen LogP contribution in [-0.4, -0.2) is 39.7 Å². The van der Waals surface area contributed by atoms with Crippen LogP contribution >= 0.6 is 0 Å². The lowest BCUT2D eigenvalue weighted by molar-refractivity contribution is -0.132. The number of aromatic nitrogens is 2. The zero-order valence-electron chi connectivity index (χ0n) is 13.6. The molecule has 1 aliphatic heterocycles. The number of nitrogens with two attached hydrogens (primary N) is 1. The van der Waals surface area contributed by atoms with E-state index in [0.29, 0.717) is 12.3 Å². The first kappa shape index (κ1) is 15.7. The predicted octanol–water partition coefficient (Wildman–Crippen LogP) is 2.00. The summed E-state index contributed by atoms with van der Waals surface area (Å²) in [4.78, 5) is 14.5. The number of piperidine rings is 1. The van der Waals surface area contributed by atoms with E-state index in [1.165, 1.54) is 0 Å². The highest BCUT2D eigenvalue weighted by Crippen LogP contribution is 2.20. The molecule has 0 saturated carbocycles. The van der Waals surface area contributed by atoms with E-state index in [1.807, 2.05) is 53.0 Å². The fraction of sp³-hybridized carbons (Fsp3) is 0.444. The second-order valence-electron chi connectivity index (χ2n) is 6.40. The SMILES string of the molecule is C[C@@H](N)[C@H]1CCCN(C(=O)Cc2ccc(-n3cccn3)cc2)C1. The van der Waals surface area contributed by atoms with Gasteiger partial charge >= 0.3 is 0 Å². The van der Waals surface area contributed by atoms with Crippen LogP contribution in [0.3, 0.4) is 0 Å². The van der Waals surface area contributed by atoms with Crippen LogP contribution in [0.5, 0.6) is 0 Å². The Kier molecular flexibility index (Phi) is 4.76. The standard InChI is InChI=1S/C18H24N4O/c1-14(19)16-4-2-10-21(13-16)18(23)12-15-5-7-17(8-6-15)22-11-3-9-20-22/h3,5-9,11,14,16H,2,4,10,12-13,19H2,1H3/t14-,16+/m1/s1. The third-order valence-corrected chi connectivity index (χ3v) is 4.61. The van der Waals surface area contributed by atoms with Crippen molar-refractivity contribution in [1.82, 2.24) is 14.7 Å². The van der Waals surface area contributed by atoms with Gasteiger partial charge in [-0.2, -0.15) is 5.10 Å². The van der Waals surface area contributed by atoms with E-state index >= 15 is 0 Å². The molecular formula is C18H24N4O. The van der Waals surface area contributed by atoms with Crippen LogP contribution < -0.4 is 5.73 Å². The zero-order valence-corrected chi connectivity index (χ0v) is 13.6. The van der Waals surface area contributed by atoms with E-state index in [9.17, 15) is 4.79 Å². The van der Waals surface area contributed by atoms with E-state index in [0.717, 1.165) is 37.2 Å². The number of benzene rings is 1. The molecule has 2 N–H and O–H groups in total. The molecule has 2 aromatic rings. The van der Waals surface area contributed by atoms with Crippen molar-refractivity contribution in [3.63, 3.8) is 0 Å². The van der Waals surface area contributed by atoms with Gasteiger partial charge in [-0.3, -0.25) is 4.79 Å². The summed E-state index contributed by atoms with van der Waals surface area (Å²) in [6.07, 6.45) is 6.28. The monoisotopic (exact) mass is 312 g/mol. The first-order valence-electron chi connectivity index (χ1n) is 8.26. The molecule has 2 atom stereocenters. The number of rotatable bonds is 4. The van der Waals surface area contributed by atoms with Crippen molar-refractivity contribution in [3.05, 3.63) is 48.3 Å². The quantitative estimate of drug-likeness (QED) is 0.939. The number of amides is 1.